The van der Waals surface area contributed by atoms with Crippen LogP contribution in [0.2, 0.25) is 0 Å². The van der Waals surface area contributed by atoms with Crippen LogP contribution >= 0.6 is 11.3 Å². The summed E-state index contributed by atoms with van der Waals surface area (Å²) in [4.78, 5) is 29.2. The maximum absolute atomic E-state index is 12.7. The van der Waals surface area contributed by atoms with Gasteiger partial charge in [-0.2, -0.15) is 5.26 Å². The van der Waals surface area contributed by atoms with Crippen LogP contribution in [-0.4, -0.2) is 30.6 Å². The van der Waals surface area contributed by atoms with Crippen molar-refractivity contribution >= 4 is 44.6 Å². The molecule has 0 atom stereocenters. The number of fused-ring (bicyclic) bond motifs is 1. The first-order chi connectivity index (χ1) is 17.0. The maximum Gasteiger partial charge on any atom is 0.379 e. The molecule has 2 aromatic carbocycles. The third kappa shape index (κ3) is 5.48. The molecule has 4 rings (SSSR count). The molecule has 0 saturated carbocycles. The first kappa shape index (κ1) is 23.5. The van der Waals surface area contributed by atoms with Gasteiger partial charge in [0.25, 0.3) is 5.91 Å². The zero-order valence-electron chi connectivity index (χ0n) is 18.7. The molecule has 35 heavy (non-hydrogen) atoms. The number of furan rings is 1. The molecule has 2 heterocycles. The number of esters is 1. The number of rotatable bonds is 8. The van der Waals surface area contributed by atoms with Gasteiger partial charge in [-0.15, -0.1) is 0 Å². The van der Waals surface area contributed by atoms with Crippen molar-refractivity contribution in [2.45, 2.75) is 6.92 Å². The van der Waals surface area contributed by atoms with Gasteiger partial charge in [-0.1, -0.05) is 17.4 Å². The zero-order chi connectivity index (χ0) is 24.8. The monoisotopic (exact) mass is 489 g/mol. The Morgan fingerprint density at radius 2 is 2.06 bits per heavy atom. The van der Waals surface area contributed by atoms with Crippen molar-refractivity contribution in [3.8, 4) is 23.3 Å². The van der Waals surface area contributed by atoms with Crippen LogP contribution in [0, 0.1) is 11.3 Å². The standard InChI is InChI=1S/C25H19N3O6S/c1-3-32-17-7-8-18-22(13-17)35-25(27-18)28-23(29)16(14-26)11-15-6-9-19(21(12-15)31-2)34-24(30)20-5-4-10-33-20/h4-13H,3H2,1-2H3,(H,27,28,29). The average molecular weight is 490 g/mol. The number of nitrogens with zero attached hydrogens (tertiary/aromatic N) is 2. The van der Waals surface area contributed by atoms with Crippen molar-refractivity contribution in [2.24, 2.45) is 0 Å². The van der Waals surface area contributed by atoms with Crippen molar-refractivity contribution in [3.63, 3.8) is 0 Å². The second-order valence-electron chi connectivity index (χ2n) is 6.98. The quantitative estimate of drug-likeness (QED) is 0.158. The number of ether oxygens (including phenoxy) is 3. The second kappa shape index (κ2) is 10.5. The highest BCUT2D eigenvalue weighted by Crippen LogP contribution is 2.31. The summed E-state index contributed by atoms with van der Waals surface area (Å²) in [6, 6.07) is 15.0. The Hall–Kier alpha value is -4.62. The average Bonchev–Trinajstić information content (AvgIpc) is 3.53. The number of anilines is 1. The Morgan fingerprint density at radius 1 is 1.20 bits per heavy atom. The van der Waals surface area contributed by atoms with E-state index in [1.165, 1.54) is 42.9 Å². The van der Waals surface area contributed by atoms with E-state index >= 15 is 0 Å². The minimum Gasteiger partial charge on any atom is -0.494 e. The van der Waals surface area contributed by atoms with E-state index in [-0.39, 0.29) is 22.8 Å². The molecule has 9 nitrogen and oxygen atoms in total. The normalized spacial score (nSPS) is 11.1. The fraction of sp³-hybridized carbons (Fsp3) is 0.120. The van der Waals surface area contributed by atoms with Gasteiger partial charge in [-0.05, 0) is 61.0 Å². The van der Waals surface area contributed by atoms with Crippen LogP contribution in [0.1, 0.15) is 23.0 Å². The number of benzene rings is 2. The van der Waals surface area contributed by atoms with Crippen molar-refractivity contribution in [2.75, 3.05) is 19.0 Å². The molecule has 0 radical (unpaired) electrons. The molecule has 4 aromatic rings. The first-order valence-electron chi connectivity index (χ1n) is 10.4. The van der Waals surface area contributed by atoms with Gasteiger partial charge in [0.15, 0.2) is 16.6 Å². The molecular weight excluding hydrogens is 470 g/mol. The third-order valence-electron chi connectivity index (χ3n) is 4.68. The summed E-state index contributed by atoms with van der Waals surface area (Å²) in [5.74, 6) is -0.126. The van der Waals surface area contributed by atoms with Crippen LogP contribution in [0.3, 0.4) is 0 Å². The molecule has 0 fully saturated rings. The Labute approximate surface area is 204 Å². The van der Waals surface area contributed by atoms with E-state index in [4.69, 9.17) is 18.6 Å². The molecular formula is C25H19N3O6S. The maximum atomic E-state index is 12.7. The topological polar surface area (TPSA) is 124 Å². The smallest absolute Gasteiger partial charge is 0.379 e. The van der Waals surface area contributed by atoms with E-state index in [0.717, 1.165) is 4.70 Å². The van der Waals surface area contributed by atoms with Crippen LogP contribution in [0.15, 0.2) is 64.8 Å². The number of amides is 1. The predicted molar refractivity (Wildman–Crippen MR) is 130 cm³/mol. The van der Waals surface area contributed by atoms with Crippen LogP contribution in [0.4, 0.5) is 5.13 Å². The lowest BCUT2D eigenvalue weighted by atomic mass is 10.1. The van der Waals surface area contributed by atoms with E-state index in [2.05, 4.69) is 10.3 Å². The lowest BCUT2D eigenvalue weighted by molar-refractivity contribution is -0.112. The number of aromatic nitrogens is 1. The van der Waals surface area contributed by atoms with E-state index in [1.807, 2.05) is 19.1 Å². The van der Waals surface area contributed by atoms with Crippen LogP contribution < -0.4 is 19.5 Å². The lowest BCUT2D eigenvalue weighted by Crippen LogP contribution is -2.13. The highest BCUT2D eigenvalue weighted by Gasteiger charge is 2.16. The van der Waals surface area contributed by atoms with Crippen molar-refractivity contribution in [3.05, 3.63) is 71.7 Å². The number of methoxy groups -OCH3 is 1. The minimum absolute atomic E-state index is 0.0448. The minimum atomic E-state index is -0.683. The molecule has 10 heteroatoms. The number of nitrogens with one attached hydrogen (secondary N) is 1. The summed E-state index contributed by atoms with van der Waals surface area (Å²) in [6.45, 7) is 2.44. The molecule has 0 spiro atoms. The van der Waals surface area contributed by atoms with Crippen LogP contribution in [0.5, 0.6) is 17.2 Å². The number of carbonyl (C=O) groups excluding carboxylic acids is 2. The highest BCUT2D eigenvalue weighted by atomic mass is 32.1. The molecule has 1 amide bonds. The summed E-state index contributed by atoms with van der Waals surface area (Å²) < 4.78 is 22.0. The Kier molecular flexibility index (Phi) is 7.09. The molecule has 0 saturated heterocycles. The zero-order valence-corrected chi connectivity index (χ0v) is 19.5. The molecule has 0 unspecified atom stereocenters. The fourth-order valence-electron chi connectivity index (χ4n) is 3.10. The Bertz CT molecular complexity index is 1450. The summed E-state index contributed by atoms with van der Waals surface area (Å²) in [7, 11) is 1.41. The largest absolute Gasteiger partial charge is 0.494 e. The van der Waals surface area contributed by atoms with Crippen molar-refractivity contribution < 1.29 is 28.2 Å². The van der Waals surface area contributed by atoms with Gasteiger partial charge in [-0.3, -0.25) is 10.1 Å². The highest BCUT2D eigenvalue weighted by molar-refractivity contribution is 7.22. The number of carbonyl (C=O) groups is 2. The predicted octanol–water partition coefficient (Wildman–Crippen LogP) is 5.06. The van der Waals surface area contributed by atoms with Gasteiger partial charge < -0.3 is 18.6 Å². The van der Waals surface area contributed by atoms with E-state index < -0.39 is 11.9 Å². The first-order valence-corrected chi connectivity index (χ1v) is 11.2. The summed E-state index contributed by atoms with van der Waals surface area (Å²) >= 11 is 1.28. The number of thiazole rings is 1. The number of hydrogen-bond donors (Lipinski definition) is 1. The van der Waals surface area contributed by atoms with Gasteiger partial charge >= 0.3 is 5.97 Å². The van der Waals surface area contributed by atoms with Gasteiger partial charge in [0, 0.05) is 0 Å². The SMILES string of the molecule is CCOc1ccc2nc(NC(=O)C(C#N)=Cc3ccc(OC(=O)c4ccco4)c(OC)c3)sc2c1. The molecule has 0 aliphatic carbocycles. The van der Waals surface area contributed by atoms with E-state index in [9.17, 15) is 14.9 Å². The lowest BCUT2D eigenvalue weighted by Gasteiger charge is -2.09. The van der Waals surface area contributed by atoms with Crippen LogP contribution in [0.25, 0.3) is 16.3 Å². The van der Waals surface area contributed by atoms with E-state index in [1.54, 1.807) is 30.3 Å². The van der Waals surface area contributed by atoms with E-state index in [0.29, 0.717) is 28.6 Å². The fourth-order valence-corrected chi connectivity index (χ4v) is 3.99. The molecule has 2 aromatic heterocycles. The van der Waals surface area contributed by atoms with Gasteiger partial charge in [-0.25, -0.2) is 9.78 Å². The van der Waals surface area contributed by atoms with Gasteiger partial charge in [0.1, 0.15) is 17.4 Å². The Morgan fingerprint density at radius 3 is 2.77 bits per heavy atom. The number of hydrogen-bond acceptors (Lipinski definition) is 9. The van der Waals surface area contributed by atoms with Crippen LogP contribution in [-0.2, 0) is 4.79 Å². The van der Waals surface area contributed by atoms with Gasteiger partial charge in [0.2, 0.25) is 5.76 Å². The second-order valence-corrected chi connectivity index (χ2v) is 8.01. The molecule has 0 bridgehead atoms. The molecule has 0 aliphatic rings. The summed E-state index contributed by atoms with van der Waals surface area (Å²) in [6.07, 6.45) is 2.76. The Balaban J connectivity index is 1.51. The molecule has 176 valence electrons. The summed E-state index contributed by atoms with van der Waals surface area (Å²) in [5.41, 5.74) is 1.07. The summed E-state index contributed by atoms with van der Waals surface area (Å²) in [5, 5.41) is 12.6. The van der Waals surface area contributed by atoms with Gasteiger partial charge in [0.05, 0.1) is 30.2 Å². The van der Waals surface area contributed by atoms with Crippen molar-refractivity contribution in [1.82, 2.24) is 4.98 Å². The van der Waals surface area contributed by atoms with Crippen molar-refractivity contribution in [1.29, 1.82) is 5.26 Å². The molecule has 0 aliphatic heterocycles. The molecule has 1 N–H and O–H groups in total. The number of nitriles is 1. The third-order valence-corrected chi connectivity index (χ3v) is 5.61.